The Kier molecular flexibility index (Phi) is 18.6. The van der Waals surface area contributed by atoms with Crippen LogP contribution in [0.25, 0.3) is 0 Å². The molecule has 0 fully saturated rings. The standard InChI is InChI=1S/C28H70O6Si6/c1-36(2,3)31-35(32-37(4,5)6)24-20-16-14-18-22-28(26-29,27-30)23-19-15-17-21-25-40(13,33-38(7,8)9)34-39(10,11)12/h29-30,35H,14-27H2,1-13H3. The third-order valence-corrected chi connectivity index (χ3v) is 24.9. The molecule has 0 saturated heterocycles. The molecule has 40 heavy (non-hydrogen) atoms. The average molecular weight is 671 g/mol. The quantitative estimate of drug-likeness (QED) is 0.0792. The summed E-state index contributed by atoms with van der Waals surface area (Å²) in [5.74, 6) is 0. The Morgan fingerprint density at radius 1 is 0.500 bits per heavy atom. The fraction of sp³-hybridized carbons (Fsp3) is 1.00. The summed E-state index contributed by atoms with van der Waals surface area (Å²) in [6, 6.07) is 2.15. The maximum absolute atomic E-state index is 10.2. The van der Waals surface area contributed by atoms with E-state index < -0.39 is 51.1 Å². The second-order valence-corrected chi connectivity index (χ2v) is 40.8. The molecular weight excluding hydrogens is 601 g/mol. The van der Waals surface area contributed by atoms with E-state index >= 15 is 0 Å². The van der Waals surface area contributed by atoms with Gasteiger partial charge in [-0.1, -0.05) is 51.4 Å². The molecule has 0 aromatic rings. The number of hydrogen-bond acceptors (Lipinski definition) is 6. The summed E-state index contributed by atoms with van der Waals surface area (Å²) in [6.45, 7) is 29.6. The van der Waals surface area contributed by atoms with E-state index in [1.807, 2.05) is 0 Å². The van der Waals surface area contributed by atoms with Crippen molar-refractivity contribution in [2.45, 2.75) is 161 Å². The topological polar surface area (TPSA) is 77.4 Å². The lowest BCUT2D eigenvalue weighted by molar-refractivity contribution is 0.0353. The van der Waals surface area contributed by atoms with Gasteiger partial charge in [0.05, 0.1) is 13.2 Å². The third kappa shape index (κ3) is 22.6. The molecule has 0 heterocycles. The summed E-state index contributed by atoms with van der Waals surface area (Å²) in [7, 11) is -10.2. The highest BCUT2D eigenvalue weighted by atomic mass is 28.5. The number of unbranched alkanes of at least 4 members (excludes halogenated alkanes) is 6. The van der Waals surface area contributed by atoms with Crippen LogP contribution in [0.2, 0.25) is 97.2 Å². The van der Waals surface area contributed by atoms with E-state index in [1.165, 1.54) is 6.42 Å². The second kappa shape index (κ2) is 18.1. The summed E-state index contributed by atoms with van der Waals surface area (Å²) in [6.07, 6.45) is 10.8. The summed E-state index contributed by atoms with van der Waals surface area (Å²) < 4.78 is 26.2. The molecule has 242 valence electrons. The van der Waals surface area contributed by atoms with E-state index in [4.69, 9.17) is 16.5 Å². The minimum absolute atomic E-state index is 0.0751. The van der Waals surface area contributed by atoms with Gasteiger partial charge in [0.1, 0.15) is 0 Å². The largest absolute Gasteiger partial charge is 0.439 e. The lowest BCUT2D eigenvalue weighted by atomic mass is 9.79. The maximum Gasteiger partial charge on any atom is 0.314 e. The van der Waals surface area contributed by atoms with Crippen molar-refractivity contribution in [3.63, 3.8) is 0 Å². The highest BCUT2D eigenvalue weighted by molar-refractivity contribution is 6.87. The fourth-order valence-electron chi connectivity index (χ4n) is 5.30. The van der Waals surface area contributed by atoms with Gasteiger partial charge in [-0.2, -0.15) is 0 Å². The van der Waals surface area contributed by atoms with Crippen molar-refractivity contribution in [1.29, 1.82) is 0 Å². The molecule has 0 aliphatic heterocycles. The van der Waals surface area contributed by atoms with Crippen molar-refractivity contribution in [2.75, 3.05) is 13.2 Å². The van der Waals surface area contributed by atoms with Crippen molar-refractivity contribution in [3.8, 4) is 0 Å². The first-order valence-electron chi connectivity index (χ1n) is 16.0. The summed E-state index contributed by atoms with van der Waals surface area (Å²) in [5, 5.41) is 20.4. The summed E-state index contributed by atoms with van der Waals surface area (Å²) in [4.78, 5) is 0. The van der Waals surface area contributed by atoms with Crippen LogP contribution in [0.1, 0.15) is 64.2 Å². The zero-order valence-corrected chi connectivity index (χ0v) is 35.2. The van der Waals surface area contributed by atoms with Gasteiger partial charge in [0.25, 0.3) is 0 Å². The van der Waals surface area contributed by atoms with E-state index in [2.05, 4.69) is 85.1 Å². The van der Waals surface area contributed by atoms with Crippen molar-refractivity contribution in [3.05, 3.63) is 0 Å². The molecule has 0 unspecified atom stereocenters. The minimum atomic E-state index is -2.16. The molecule has 12 heteroatoms. The molecule has 0 radical (unpaired) electrons. The average Bonchev–Trinajstić information content (AvgIpc) is 2.72. The number of hydrogen-bond donors (Lipinski definition) is 2. The summed E-state index contributed by atoms with van der Waals surface area (Å²) >= 11 is 0. The Bertz CT molecular complexity index is 634. The number of aliphatic hydroxyl groups is 2. The van der Waals surface area contributed by atoms with Gasteiger partial charge < -0.3 is 26.7 Å². The Morgan fingerprint density at radius 2 is 0.875 bits per heavy atom. The van der Waals surface area contributed by atoms with E-state index in [-0.39, 0.29) is 18.6 Å². The summed E-state index contributed by atoms with van der Waals surface area (Å²) in [5.41, 5.74) is -0.343. The third-order valence-electron chi connectivity index (χ3n) is 6.67. The van der Waals surface area contributed by atoms with Crippen LogP contribution in [0.5, 0.6) is 0 Å². The molecule has 2 N–H and O–H groups in total. The molecule has 0 aromatic carbocycles. The van der Waals surface area contributed by atoms with Gasteiger partial charge in [-0.15, -0.1) is 0 Å². The lowest BCUT2D eigenvalue weighted by Gasteiger charge is -2.38. The van der Waals surface area contributed by atoms with Gasteiger partial charge >= 0.3 is 17.8 Å². The predicted molar refractivity (Wildman–Crippen MR) is 189 cm³/mol. The van der Waals surface area contributed by atoms with Gasteiger partial charge in [0, 0.05) is 5.41 Å². The van der Waals surface area contributed by atoms with Gasteiger partial charge in [-0.05, 0) is 110 Å². The Balaban J connectivity index is 4.53. The predicted octanol–water partition coefficient (Wildman–Crippen LogP) is 8.56. The highest BCUT2D eigenvalue weighted by Gasteiger charge is 2.39. The zero-order valence-electron chi connectivity index (χ0n) is 29.0. The fourth-order valence-corrected chi connectivity index (χ4v) is 26.4. The first-order chi connectivity index (χ1) is 18.0. The van der Waals surface area contributed by atoms with E-state index in [1.54, 1.807) is 0 Å². The molecule has 0 aliphatic rings. The molecule has 0 aliphatic carbocycles. The molecule has 0 amide bonds. The minimum Gasteiger partial charge on any atom is -0.439 e. The van der Waals surface area contributed by atoms with Crippen molar-refractivity contribution >= 4 is 51.1 Å². The molecule has 0 atom stereocenters. The lowest BCUT2D eigenvalue weighted by Crippen LogP contribution is -2.52. The van der Waals surface area contributed by atoms with Gasteiger partial charge in [-0.25, -0.2) is 0 Å². The van der Waals surface area contributed by atoms with Crippen LogP contribution >= 0.6 is 0 Å². The van der Waals surface area contributed by atoms with Crippen LogP contribution in [0, 0.1) is 5.41 Å². The molecule has 6 nitrogen and oxygen atoms in total. The molecule has 0 saturated carbocycles. The molecule has 0 spiro atoms. The van der Waals surface area contributed by atoms with Gasteiger partial charge in [0.15, 0.2) is 33.3 Å². The zero-order chi connectivity index (χ0) is 31.3. The molecule has 0 rings (SSSR count). The van der Waals surface area contributed by atoms with Crippen molar-refractivity contribution in [1.82, 2.24) is 0 Å². The molecule has 0 bridgehead atoms. The Morgan fingerprint density at radius 3 is 1.23 bits per heavy atom. The first kappa shape index (κ1) is 41.1. The number of rotatable bonds is 24. The normalized spacial score (nSPS) is 14.4. The maximum atomic E-state index is 10.2. The molecular formula is C28H70O6Si6. The van der Waals surface area contributed by atoms with Crippen LogP contribution in [-0.2, 0) is 16.5 Å². The first-order valence-corrected chi connectivity index (χ1v) is 33.9. The van der Waals surface area contributed by atoms with E-state index in [9.17, 15) is 10.2 Å². The SMILES string of the molecule is C[Si](C)(C)O[SiH](CCCCCCC(CO)(CO)CCCCCC[Si](C)(O[Si](C)(C)C)O[Si](C)(C)C)O[Si](C)(C)C. The Labute approximate surface area is 257 Å². The Hall–Kier alpha value is 1.06. The smallest absolute Gasteiger partial charge is 0.314 e. The van der Waals surface area contributed by atoms with Crippen LogP contribution < -0.4 is 0 Å². The highest BCUT2D eigenvalue weighted by Crippen LogP contribution is 2.32. The van der Waals surface area contributed by atoms with Gasteiger partial charge in [-0.3, -0.25) is 0 Å². The van der Waals surface area contributed by atoms with Crippen LogP contribution in [0.3, 0.4) is 0 Å². The second-order valence-electron chi connectivity index (χ2n) is 16.1. The van der Waals surface area contributed by atoms with E-state index in [0.717, 1.165) is 69.9 Å². The van der Waals surface area contributed by atoms with Crippen molar-refractivity contribution in [2.24, 2.45) is 5.41 Å². The van der Waals surface area contributed by atoms with E-state index in [0.29, 0.717) is 0 Å². The van der Waals surface area contributed by atoms with Gasteiger partial charge in [0.2, 0.25) is 0 Å². The number of aliphatic hydroxyl groups excluding tert-OH is 2. The van der Waals surface area contributed by atoms with Crippen LogP contribution in [0.4, 0.5) is 0 Å². The molecule has 0 aromatic heterocycles. The monoisotopic (exact) mass is 670 g/mol. The van der Waals surface area contributed by atoms with Crippen LogP contribution in [0.15, 0.2) is 0 Å². The van der Waals surface area contributed by atoms with Crippen molar-refractivity contribution < 1.29 is 26.7 Å². The van der Waals surface area contributed by atoms with Crippen LogP contribution in [-0.4, -0.2) is 74.5 Å².